The van der Waals surface area contributed by atoms with Crippen LogP contribution in [-0.4, -0.2) is 41.7 Å². The molecular weight excluding hydrogens is 419 g/mol. The molecule has 11 heteroatoms. The fraction of sp³-hybridized carbons (Fsp3) is 0.190. The van der Waals surface area contributed by atoms with Crippen LogP contribution in [0.15, 0.2) is 60.9 Å². The summed E-state index contributed by atoms with van der Waals surface area (Å²) in [7, 11) is 0. The SMILES string of the molecule is C[C@]1(COc2ccc(-n3cc(-c4cccc(F)c4)nn3)cc2)Cn2cc([N+](=O)[O-])nc2O1. The number of nitrogens with zero attached hydrogens (tertiary/aromatic N) is 6. The summed E-state index contributed by atoms with van der Waals surface area (Å²) in [6.45, 7) is 2.48. The fourth-order valence-electron chi connectivity index (χ4n) is 3.46. The predicted molar refractivity (Wildman–Crippen MR) is 110 cm³/mol. The minimum atomic E-state index is -0.693. The smallest absolute Gasteiger partial charge is 0.415 e. The summed E-state index contributed by atoms with van der Waals surface area (Å²) in [6.07, 6.45) is 3.07. The lowest BCUT2D eigenvalue weighted by Crippen LogP contribution is -2.38. The minimum absolute atomic E-state index is 0.207. The van der Waals surface area contributed by atoms with E-state index in [-0.39, 0.29) is 24.3 Å². The monoisotopic (exact) mass is 436 g/mol. The summed E-state index contributed by atoms with van der Waals surface area (Å²) in [5, 5.41) is 19.0. The van der Waals surface area contributed by atoms with Crippen molar-refractivity contribution in [1.29, 1.82) is 0 Å². The molecule has 2 aromatic carbocycles. The van der Waals surface area contributed by atoms with Crippen LogP contribution >= 0.6 is 0 Å². The summed E-state index contributed by atoms with van der Waals surface area (Å²) < 4.78 is 28.3. The maximum Gasteiger partial charge on any atom is 0.415 e. The van der Waals surface area contributed by atoms with Crippen molar-refractivity contribution in [3.05, 3.63) is 76.9 Å². The molecule has 10 nitrogen and oxygen atoms in total. The Labute approximate surface area is 181 Å². The third-order valence-electron chi connectivity index (χ3n) is 5.02. The Balaban J connectivity index is 1.23. The van der Waals surface area contributed by atoms with Crippen molar-refractivity contribution >= 4 is 5.82 Å². The fourth-order valence-corrected chi connectivity index (χ4v) is 3.46. The molecule has 32 heavy (non-hydrogen) atoms. The maximum atomic E-state index is 13.4. The van der Waals surface area contributed by atoms with Gasteiger partial charge in [-0.2, -0.15) is 0 Å². The molecule has 162 valence electrons. The molecule has 0 amide bonds. The molecule has 0 bridgehead atoms. The first kappa shape index (κ1) is 19.7. The van der Waals surface area contributed by atoms with E-state index in [1.165, 1.54) is 18.3 Å². The van der Waals surface area contributed by atoms with Gasteiger partial charge in [-0.25, -0.2) is 9.07 Å². The highest BCUT2D eigenvalue weighted by Crippen LogP contribution is 2.31. The van der Waals surface area contributed by atoms with E-state index in [0.29, 0.717) is 23.6 Å². The zero-order chi connectivity index (χ0) is 22.3. The Morgan fingerprint density at radius 2 is 2.06 bits per heavy atom. The standard InChI is InChI=1S/C21H17FN6O4/c1-21(12-26-11-19(28(29)30)23-20(26)32-21)13-31-17-7-5-16(6-8-17)27-10-18(24-25-27)14-3-2-4-15(22)9-14/h2-11H,12-13H2,1H3/t21-/m1/s1. The first-order valence-corrected chi connectivity index (χ1v) is 9.71. The first-order valence-electron chi connectivity index (χ1n) is 9.71. The van der Waals surface area contributed by atoms with E-state index in [2.05, 4.69) is 15.3 Å². The van der Waals surface area contributed by atoms with Crippen molar-refractivity contribution < 1.29 is 18.8 Å². The molecule has 1 aliphatic heterocycles. The lowest BCUT2D eigenvalue weighted by Gasteiger charge is -2.22. The van der Waals surface area contributed by atoms with Gasteiger partial charge in [-0.15, -0.1) is 5.10 Å². The molecule has 2 aromatic heterocycles. The van der Waals surface area contributed by atoms with Gasteiger partial charge in [-0.1, -0.05) is 17.3 Å². The Morgan fingerprint density at radius 1 is 1.25 bits per heavy atom. The summed E-state index contributed by atoms with van der Waals surface area (Å²) in [6, 6.07) is 13.6. The van der Waals surface area contributed by atoms with E-state index in [9.17, 15) is 14.5 Å². The van der Waals surface area contributed by atoms with Crippen molar-refractivity contribution in [3.63, 3.8) is 0 Å². The van der Waals surface area contributed by atoms with Crippen LogP contribution in [0.1, 0.15) is 6.92 Å². The normalized spacial score (nSPS) is 17.1. The van der Waals surface area contributed by atoms with Crippen LogP contribution < -0.4 is 9.47 Å². The van der Waals surface area contributed by atoms with Gasteiger partial charge in [0.1, 0.15) is 30.1 Å². The number of rotatable bonds is 6. The zero-order valence-electron chi connectivity index (χ0n) is 16.9. The number of hydrogen-bond acceptors (Lipinski definition) is 7. The van der Waals surface area contributed by atoms with Gasteiger partial charge in [-0.3, -0.25) is 4.57 Å². The average Bonchev–Trinajstić information content (AvgIpc) is 3.47. The van der Waals surface area contributed by atoms with Gasteiger partial charge in [0.25, 0.3) is 0 Å². The second kappa shape index (κ2) is 7.45. The van der Waals surface area contributed by atoms with Crippen LogP contribution in [0.4, 0.5) is 10.2 Å². The zero-order valence-corrected chi connectivity index (χ0v) is 16.9. The second-order valence-electron chi connectivity index (χ2n) is 7.66. The van der Waals surface area contributed by atoms with E-state index in [0.717, 1.165) is 5.69 Å². The van der Waals surface area contributed by atoms with Crippen molar-refractivity contribution in [3.8, 4) is 28.7 Å². The number of imidazole rings is 1. The summed E-state index contributed by atoms with van der Waals surface area (Å²) in [5.74, 6) is 0.0482. The molecule has 0 unspecified atom stereocenters. The van der Waals surface area contributed by atoms with Gasteiger partial charge >= 0.3 is 11.8 Å². The minimum Gasteiger partial charge on any atom is -0.489 e. The van der Waals surface area contributed by atoms with Crippen LogP contribution in [-0.2, 0) is 6.54 Å². The third-order valence-corrected chi connectivity index (χ3v) is 5.02. The molecule has 0 spiro atoms. The van der Waals surface area contributed by atoms with E-state index < -0.39 is 10.5 Å². The Morgan fingerprint density at radius 3 is 2.78 bits per heavy atom. The summed E-state index contributed by atoms with van der Waals surface area (Å²) in [5.41, 5.74) is 1.28. The lowest BCUT2D eigenvalue weighted by atomic mass is 10.1. The molecular formula is C21H17FN6O4. The average molecular weight is 436 g/mol. The maximum absolute atomic E-state index is 13.4. The number of hydrogen-bond donors (Lipinski definition) is 0. The molecule has 0 saturated heterocycles. The predicted octanol–water partition coefficient (Wildman–Crippen LogP) is 3.41. The second-order valence-corrected chi connectivity index (χ2v) is 7.66. The van der Waals surface area contributed by atoms with Gasteiger partial charge in [0.15, 0.2) is 5.60 Å². The molecule has 1 atom stereocenters. The topological polar surface area (TPSA) is 110 Å². The summed E-state index contributed by atoms with van der Waals surface area (Å²) >= 11 is 0. The quantitative estimate of drug-likeness (QED) is 0.336. The van der Waals surface area contributed by atoms with Gasteiger partial charge < -0.3 is 19.6 Å². The molecule has 1 aliphatic rings. The lowest BCUT2D eigenvalue weighted by molar-refractivity contribution is -0.389. The highest BCUT2D eigenvalue weighted by Gasteiger charge is 2.41. The Kier molecular flexibility index (Phi) is 4.58. The molecule has 0 aliphatic carbocycles. The molecule has 5 rings (SSSR count). The van der Waals surface area contributed by atoms with Gasteiger partial charge in [0, 0.05) is 10.5 Å². The molecule has 3 heterocycles. The number of halogens is 1. The van der Waals surface area contributed by atoms with Crippen molar-refractivity contribution in [2.24, 2.45) is 0 Å². The van der Waals surface area contributed by atoms with Gasteiger partial charge in [0.2, 0.25) is 0 Å². The van der Waals surface area contributed by atoms with E-state index >= 15 is 0 Å². The van der Waals surface area contributed by atoms with E-state index in [1.807, 2.05) is 19.1 Å². The van der Waals surface area contributed by atoms with Crippen LogP contribution in [0.5, 0.6) is 11.8 Å². The molecule has 0 radical (unpaired) electrons. The Bertz CT molecular complexity index is 1280. The van der Waals surface area contributed by atoms with Crippen molar-refractivity contribution in [2.45, 2.75) is 19.1 Å². The largest absolute Gasteiger partial charge is 0.489 e. The summed E-state index contributed by atoms with van der Waals surface area (Å²) in [4.78, 5) is 14.1. The van der Waals surface area contributed by atoms with Crippen LogP contribution in [0.25, 0.3) is 16.9 Å². The number of benzene rings is 2. The molecule has 0 saturated carbocycles. The number of fused-ring (bicyclic) bond motifs is 1. The van der Waals surface area contributed by atoms with Gasteiger partial charge in [-0.05, 0) is 48.2 Å². The van der Waals surface area contributed by atoms with Crippen LogP contribution in [0.2, 0.25) is 0 Å². The number of nitro groups is 1. The van der Waals surface area contributed by atoms with E-state index in [4.69, 9.17) is 9.47 Å². The molecule has 0 N–H and O–H groups in total. The van der Waals surface area contributed by atoms with Crippen molar-refractivity contribution in [1.82, 2.24) is 24.5 Å². The van der Waals surface area contributed by atoms with E-state index in [1.54, 1.807) is 39.7 Å². The molecule has 4 aromatic rings. The van der Waals surface area contributed by atoms with Crippen LogP contribution in [0.3, 0.4) is 0 Å². The van der Waals surface area contributed by atoms with Crippen molar-refractivity contribution in [2.75, 3.05) is 6.61 Å². The first-order chi connectivity index (χ1) is 15.4. The number of aromatic nitrogens is 5. The van der Waals surface area contributed by atoms with Crippen LogP contribution in [0, 0.1) is 15.9 Å². The Hall–Kier alpha value is -4.28. The van der Waals surface area contributed by atoms with Gasteiger partial charge in [0.05, 0.1) is 18.4 Å². The molecule has 0 fully saturated rings. The third kappa shape index (κ3) is 3.75. The highest BCUT2D eigenvalue weighted by molar-refractivity contribution is 5.58. The highest BCUT2D eigenvalue weighted by atomic mass is 19.1. The number of ether oxygens (including phenoxy) is 2.